The van der Waals surface area contributed by atoms with Gasteiger partial charge in [-0.2, -0.15) is 0 Å². The van der Waals surface area contributed by atoms with E-state index in [0.29, 0.717) is 5.69 Å². The molecule has 0 bridgehead atoms. The average Bonchev–Trinajstić information content (AvgIpc) is 2.94. The van der Waals surface area contributed by atoms with Crippen LogP contribution in [0.15, 0.2) is 42.7 Å². The molecule has 3 heterocycles. The van der Waals surface area contributed by atoms with E-state index in [1.807, 2.05) is 24.4 Å². The van der Waals surface area contributed by atoms with Gasteiger partial charge in [0, 0.05) is 23.3 Å². The Morgan fingerprint density at radius 3 is 3.00 bits per heavy atom. The van der Waals surface area contributed by atoms with Crippen LogP contribution in [0.4, 0.5) is 0 Å². The molecule has 3 aromatic heterocycles. The Hall–Kier alpha value is -2.69. The van der Waals surface area contributed by atoms with Crippen LogP contribution in [0.25, 0.3) is 22.3 Å². The fourth-order valence-electron chi connectivity index (χ4n) is 1.99. The lowest BCUT2D eigenvalue weighted by Crippen LogP contribution is -2.04. The van der Waals surface area contributed by atoms with Crippen LogP contribution >= 0.6 is 0 Å². The van der Waals surface area contributed by atoms with Gasteiger partial charge in [-0.15, -0.1) is 0 Å². The zero-order valence-corrected chi connectivity index (χ0v) is 10.3. The largest absolute Gasteiger partial charge is 0.464 e. The maximum atomic E-state index is 11.5. The lowest BCUT2D eigenvalue weighted by atomic mass is 10.1. The molecule has 0 atom stereocenters. The van der Waals surface area contributed by atoms with Crippen LogP contribution in [-0.2, 0) is 4.74 Å². The number of carbonyl (C=O) groups is 1. The Balaban J connectivity index is 2.16. The summed E-state index contributed by atoms with van der Waals surface area (Å²) in [6, 6.07) is 9.08. The summed E-state index contributed by atoms with van der Waals surface area (Å²) in [4.78, 5) is 23.1. The van der Waals surface area contributed by atoms with Crippen LogP contribution in [0.1, 0.15) is 10.5 Å². The highest BCUT2D eigenvalue weighted by Crippen LogP contribution is 2.25. The number of H-pyrrole nitrogens is 1. The molecule has 3 aromatic rings. The molecule has 0 amide bonds. The van der Waals surface area contributed by atoms with E-state index in [-0.39, 0.29) is 0 Å². The zero-order chi connectivity index (χ0) is 13.2. The Labute approximate surface area is 109 Å². The van der Waals surface area contributed by atoms with Gasteiger partial charge >= 0.3 is 5.97 Å². The van der Waals surface area contributed by atoms with E-state index in [4.69, 9.17) is 0 Å². The van der Waals surface area contributed by atoms with Gasteiger partial charge in [-0.05, 0) is 24.3 Å². The van der Waals surface area contributed by atoms with Crippen molar-refractivity contribution in [3.63, 3.8) is 0 Å². The summed E-state index contributed by atoms with van der Waals surface area (Å²) in [5.74, 6) is -0.443. The van der Waals surface area contributed by atoms with Crippen molar-refractivity contribution in [1.29, 1.82) is 0 Å². The molecule has 0 aliphatic heterocycles. The second-order valence-corrected chi connectivity index (χ2v) is 4.00. The highest BCUT2D eigenvalue weighted by atomic mass is 16.5. The minimum Gasteiger partial charge on any atom is -0.464 e. The summed E-state index contributed by atoms with van der Waals surface area (Å²) in [6.45, 7) is 0. The van der Waals surface area contributed by atoms with Crippen LogP contribution in [0.2, 0.25) is 0 Å². The van der Waals surface area contributed by atoms with Crippen LogP contribution < -0.4 is 0 Å². The summed E-state index contributed by atoms with van der Waals surface area (Å²) < 4.78 is 4.68. The van der Waals surface area contributed by atoms with Crippen LogP contribution in [0, 0.1) is 0 Å². The van der Waals surface area contributed by atoms with Gasteiger partial charge in [-0.1, -0.05) is 6.07 Å². The monoisotopic (exact) mass is 253 g/mol. The molecule has 0 unspecified atom stereocenters. The molecule has 0 aromatic carbocycles. The summed E-state index contributed by atoms with van der Waals surface area (Å²) >= 11 is 0. The first-order valence-corrected chi connectivity index (χ1v) is 5.77. The van der Waals surface area contributed by atoms with Crippen molar-refractivity contribution in [1.82, 2.24) is 15.0 Å². The lowest BCUT2D eigenvalue weighted by Gasteiger charge is -2.04. The van der Waals surface area contributed by atoms with Crippen LogP contribution in [0.5, 0.6) is 0 Å². The smallest absolute Gasteiger partial charge is 0.356 e. The molecule has 0 saturated heterocycles. The van der Waals surface area contributed by atoms with E-state index < -0.39 is 5.97 Å². The Bertz CT molecular complexity index is 749. The van der Waals surface area contributed by atoms with Gasteiger partial charge in [0.05, 0.1) is 12.8 Å². The number of nitrogens with zero attached hydrogens (tertiary/aromatic N) is 2. The molecule has 0 radical (unpaired) electrons. The molecule has 0 fully saturated rings. The second kappa shape index (κ2) is 4.53. The van der Waals surface area contributed by atoms with Crippen molar-refractivity contribution in [3.05, 3.63) is 48.4 Å². The standard InChI is InChI=1S/C14H11N3O2/c1-19-14(18)12-4-2-3-11(17-12)9-5-7-15-13-10(9)6-8-16-13/h2-8H,1H3,(H,15,16). The Morgan fingerprint density at radius 2 is 2.16 bits per heavy atom. The van der Waals surface area contributed by atoms with Gasteiger partial charge < -0.3 is 9.72 Å². The van der Waals surface area contributed by atoms with E-state index in [0.717, 1.165) is 22.3 Å². The van der Waals surface area contributed by atoms with Gasteiger partial charge in [0.1, 0.15) is 11.3 Å². The van der Waals surface area contributed by atoms with Crippen molar-refractivity contribution in [2.75, 3.05) is 7.11 Å². The minimum atomic E-state index is -0.443. The number of aromatic nitrogens is 3. The third kappa shape index (κ3) is 1.95. The molecular weight excluding hydrogens is 242 g/mol. The molecule has 3 rings (SSSR count). The van der Waals surface area contributed by atoms with E-state index in [1.54, 1.807) is 18.3 Å². The van der Waals surface area contributed by atoms with Crippen molar-refractivity contribution >= 4 is 17.0 Å². The molecule has 5 nitrogen and oxygen atoms in total. The summed E-state index contributed by atoms with van der Waals surface area (Å²) in [7, 11) is 1.34. The van der Waals surface area contributed by atoms with Crippen molar-refractivity contribution in [2.24, 2.45) is 0 Å². The molecule has 19 heavy (non-hydrogen) atoms. The predicted molar refractivity (Wildman–Crippen MR) is 70.7 cm³/mol. The highest BCUT2D eigenvalue weighted by Gasteiger charge is 2.11. The average molecular weight is 253 g/mol. The zero-order valence-electron chi connectivity index (χ0n) is 10.3. The molecule has 0 saturated carbocycles. The molecule has 0 aliphatic rings. The first-order valence-electron chi connectivity index (χ1n) is 5.77. The van der Waals surface area contributed by atoms with Crippen LogP contribution in [-0.4, -0.2) is 28.0 Å². The quantitative estimate of drug-likeness (QED) is 0.712. The maximum absolute atomic E-state index is 11.5. The number of ether oxygens (including phenoxy) is 1. The Kier molecular flexibility index (Phi) is 2.72. The number of carbonyl (C=O) groups excluding carboxylic acids is 1. The molecule has 94 valence electrons. The van der Waals surface area contributed by atoms with Crippen molar-refractivity contribution < 1.29 is 9.53 Å². The molecule has 0 aliphatic carbocycles. The summed E-state index contributed by atoms with van der Waals surface area (Å²) in [5.41, 5.74) is 2.73. The van der Waals surface area contributed by atoms with E-state index >= 15 is 0 Å². The fraction of sp³-hybridized carbons (Fsp3) is 0.0714. The van der Waals surface area contributed by atoms with Gasteiger partial charge in [0.15, 0.2) is 0 Å². The third-order valence-corrected chi connectivity index (χ3v) is 2.88. The molecular formula is C14H11N3O2. The predicted octanol–water partition coefficient (Wildman–Crippen LogP) is 2.41. The minimum absolute atomic E-state index is 0.292. The number of esters is 1. The third-order valence-electron chi connectivity index (χ3n) is 2.88. The number of rotatable bonds is 2. The highest BCUT2D eigenvalue weighted by molar-refractivity contribution is 5.93. The van der Waals surface area contributed by atoms with E-state index in [1.165, 1.54) is 7.11 Å². The number of fused-ring (bicyclic) bond motifs is 1. The van der Waals surface area contributed by atoms with Gasteiger partial charge in [0.2, 0.25) is 0 Å². The first-order chi connectivity index (χ1) is 9.29. The van der Waals surface area contributed by atoms with Gasteiger partial charge in [-0.3, -0.25) is 0 Å². The number of pyridine rings is 2. The lowest BCUT2D eigenvalue weighted by molar-refractivity contribution is 0.0594. The second-order valence-electron chi connectivity index (χ2n) is 4.00. The number of hydrogen-bond acceptors (Lipinski definition) is 4. The number of nitrogens with one attached hydrogen (secondary N) is 1. The molecule has 0 spiro atoms. The fourth-order valence-corrected chi connectivity index (χ4v) is 1.99. The van der Waals surface area contributed by atoms with Crippen LogP contribution in [0.3, 0.4) is 0 Å². The maximum Gasteiger partial charge on any atom is 0.356 e. The van der Waals surface area contributed by atoms with Gasteiger partial charge in [0.25, 0.3) is 0 Å². The number of aromatic amines is 1. The van der Waals surface area contributed by atoms with E-state index in [9.17, 15) is 4.79 Å². The summed E-state index contributed by atoms with van der Waals surface area (Å²) in [6.07, 6.45) is 3.53. The van der Waals surface area contributed by atoms with Gasteiger partial charge in [-0.25, -0.2) is 14.8 Å². The summed E-state index contributed by atoms with van der Waals surface area (Å²) in [5, 5.41) is 0.969. The Morgan fingerprint density at radius 1 is 1.26 bits per heavy atom. The normalized spacial score (nSPS) is 10.6. The number of methoxy groups -OCH3 is 1. The van der Waals surface area contributed by atoms with Crippen molar-refractivity contribution in [2.45, 2.75) is 0 Å². The van der Waals surface area contributed by atoms with E-state index in [2.05, 4.69) is 19.7 Å². The first kappa shape index (κ1) is 11.4. The number of hydrogen-bond donors (Lipinski definition) is 1. The molecule has 5 heteroatoms. The molecule has 1 N–H and O–H groups in total. The SMILES string of the molecule is COC(=O)c1cccc(-c2ccnc3[nH]ccc23)n1. The van der Waals surface area contributed by atoms with Crippen molar-refractivity contribution in [3.8, 4) is 11.3 Å². The topological polar surface area (TPSA) is 67.9 Å².